The molecule has 1 aliphatic rings. The van der Waals surface area contributed by atoms with Crippen LogP contribution in [-0.2, 0) is 0 Å². The van der Waals surface area contributed by atoms with Gasteiger partial charge < -0.3 is 15.4 Å². The second-order valence-corrected chi connectivity index (χ2v) is 3.90. The summed E-state index contributed by atoms with van der Waals surface area (Å²) in [5, 5.41) is 12.8. The van der Waals surface area contributed by atoms with Gasteiger partial charge in [0.15, 0.2) is 0 Å². The normalized spacial score (nSPS) is 26.2. The van der Waals surface area contributed by atoms with Crippen molar-refractivity contribution in [3.05, 3.63) is 22.7 Å². The highest BCUT2D eigenvalue weighted by molar-refractivity contribution is 5.33. The van der Waals surface area contributed by atoms with Crippen molar-refractivity contribution in [1.82, 2.24) is 9.97 Å². The first kappa shape index (κ1) is 10.2. The van der Waals surface area contributed by atoms with Crippen LogP contribution in [0.4, 0.5) is 5.82 Å². The Bertz CT molecular complexity index is 377. The minimum Gasteiger partial charge on any atom is -0.391 e. The van der Waals surface area contributed by atoms with Gasteiger partial charge in [0.2, 0.25) is 0 Å². The molecular weight excluding hydrogens is 194 g/mol. The fourth-order valence-electron chi connectivity index (χ4n) is 1.92. The number of nitrogens with zero attached hydrogens (tertiary/aromatic N) is 1. The summed E-state index contributed by atoms with van der Waals surface area (Å²) in [7, 11) is 0. The summed E-state index contributed by atoms with van der Waals surface area (Å²) in [4.78, 5) is 17.5. The molecule has 0 aromatic carbocycles. The zero-order valence-electron chi connectivity index (χ0n) is 8.44. The van der Waals surface area contributed by atoms with E-state index in [4.69, 9.17) is 0 Å². The quantitative estimate of drug-likeness (QED) is 0.662. The van der Waals surface area contributed by atoms with Crippen molar-refractivity contribution < 1.29 is 5.11 Å². The molecule has 2 rings (SSSR count). The number of H-pyrrole nitrogens is 1. The van der Waals surface area contributed by atoms with E-state index in [1.54, 1.807) is 0 Å². The lowest BCUT2D eigenvalue weighted by Crippen LogP contribution is -2.36. The minimum absolute atomic E-state index is 0.0213. The first-order valence-electron chi connectivity index (χ1n) is 5.25. The van der Waals surface area contributed by atoms with Crippen LogP contribution in [0.3, 0.4) is 0 Å². The summed E-state index contributed by atoms with van der Waals surface area (Å²) in [6, 6.07) is 1.43. The van der Waals surface area contributed by atoms with E-state index < -0.39 is 0 Å². The SMILES string of the molecule is O=c1cc(NC2CCCCC2O)nc[nH]1. The van der Waals surface area contributed by atoms with Crippen LogP contribution < -0.4 is 10.9 Å². The Kier molecular flexibility index (Phi) is 3.01. The molecule has 2 atom stereocenters. The van der Waals surface area contributed by atoms with E-state index in [-0.39, 0.29) is 17.7 Å². The Morgan fingerprint density at radius 2 is 2.27 bits per heavy atom. The van der Waals surface area contributed by atoms with Gasteiger partial charge in [-0.05, 0) is 12.8 Å². The molecule has 5 nitrogen and oxygen atoms in total. The molecule has 2 unspecified atom stereocenters. The lowest BCUT2D eigenvalue weighted by atomic mass is 9.93. The number of anilines is 1. The van der Waals surface area contributed by atoms with Crippen LogP contribution in [0.2, 0.25) is 0 Å². The molecule has 1 aromatic rings. The molecule has 5 heteroatoms. The molecule has 0 aliphatic heterocycles. The Hall–Kier alpha value is -1.36. The monoisotopic (exact) mass is 209 g/mol. The van der Waals surface area contributed by atoms with Crippen molar-refractivity contribution in [3.63, 3.8) is 0 Å². The highest BCUT2D eigenvalue weighted by atomic mass is 16.3. The van der Waals surface area contributed by atoms with Crippen LogP contribution in [0.25, 0.3) is 0 Å². The summed E-state index contributed by atoms with van der Waals surface area (Å²) in [5.74, 6) is 0.532. The van der Waals surface area contributed by atoms with Gasteiger partial charge in [-0.15, -0.1) is 0 Å². The van der Waals surface area contributed by atoms with Gasteiger partial charge in [-0.2, -0.15) is 0 Å². The van der Waals surface area contributed by atoms with Crippen LogP contribution in [-0.4, -0.2) is 27.2 Å². The average Bonchev–Trinajstić information content (AvgIpc) is 2.22. The van der Waals surface area contributed by atoms with Gasteiger partial charge >= 0.3 is 0 Å². The van der Waals surface area contributed by atoms with E-state index in [0.717, 1.165) is 25.7 Å². The van der Waals surface area contributed by atoms with Gasteiger partial charge in [-0.3, -0.25) is 4.79 Å². The van der Waals surface area contributed by atoms with Gasteiger partial charge in [-0.1, -0.05) is 12.8 Å². The third-order valence-corrected chi connectivity index (χ3v) is 2.74. The Labute approximate surface area is 87.6 Å². The van der Waals surface area contributed by atoms with E-state index >= 15 is 0 Å². The van der Waals surface area contributed by atoms with Crippen LogP contribution in [0.15, 0.2) is 17.2 Å². The molecule has 0 saturated heterocycles. The molecule has 0 bridgehead atoms. The predicted octanol–water partition coefficient (Wildman–Crippen LogP) is 0.485. The molecule has 15 heavy (non-hydrogen) atoms. The average molecular weight is 209 g/mol. The molecule has 0 amide bonds. The third kappa shape index (κ3) is 2.56. The van der Waals surface area contributed by atoms with Crippen molar-refractivity contribution in [3.8, 4) is 0 Å². The lowest BCUT2D eigenvalue weighted by molar-refractivity contribution is 0.116. The number of hydrogen-bond acceptors (Lipinski definition) is 4. The van der Waals surface area contributed by atoms with Gasteiger partial charge in [0.25, 0.3) is 5.56 Å². The van der Waals surface area contributed by atoms with Gasteiger partial charge in [0.1, 0.15) is 5.82 Å². The predicted molar refractivity (Wildman–Crippen MR) is 56.7 cm³/mol. The number of aromatic nitrogens is 2. The summed E-state index contributed by atoms with van der Waals surface area (Å²) >= 11 is 0. The van der Waals surface area contributed by atoms with Crippen LogP contribution in [0.1, 0.15) is 25.7 Å². The maximum absolute atomic E-state index is 11.0. The van der Waals surface area contributed by atoms with Crippen LogP contribution >= 0.6 is 0 Å². The van der Waals surface area contributed by atoms with E-state index in [2.05, 4.69) is 15.3 Å². The topological polar surface area (TPSA) is 78.0 Å². The molecule has 3 N–H and O–H groups in total. The van der Waals surface area contributed by atoms with Crippen molar-refractivity contribution in [2.75, 3.05) is 5.32 Å². The van der Waals surface area contributed by atoms with E-state index in [0.29, 0.717) is 5.82 Å². The Morgan fingerprint density at radius 1 is 1.47 bits per heavy atom. The smallest absolute Gasteiger partial charge is 0.252 e. The summed E-state index contributed by atoms with van der Waals surface area (Å²) < 4.78 is 0. The molecule has 1 aliphatic carbocycles. The highest BCUT2D eigenvalue weighted by Crippen LogP contribution is 2.20. The highest BCUT2D eigenvalue weighted by Gasteiger charge is 2.22. The number of aliphatic hydroxyl groups excluding tert-OH is 1. The second kappa shape index (κ2) is 4.44. The summed E-state index contributed by atoms with van der Waals surface area (Å²) in [6.07, 6.45) is 4.95. The standard InChI is InChI=1S/C10H15N3O2/c14-8-4-2-1-3-7(8)13-9-5-10(15)12-6-11-9/h5-8,14H,1-4H2,(H2,11,12,13,15). The molecule has 1 heterocycles. The zero-order valence-corrected chi connectivity index (χ0v) is 8.44. The van der Waals surface area contributed by atoms with Gasteiger partial charge in [0, 0.05) is 6.07 Å². The molecular formula is C10H15N3O2. The van der Waals surface area contributed by atoms with Gasteiger partial charge in [0.05, 0.1) is 18.5 Å². The largest absolute Gasteiger partial charge is 0.391 e. The third-order valence-electron chi connectivity index (χ3n) is 2.74. The first-order valence-corrected chi connectivity index (χ1v) is 5.25. The summed E-state index contributed by atoms with van der Waals surface area (Å²) in [6.45, 7) is 0. The zero-order chi connectivity index (χ0) is 10.7. The van der Waals surface area contributed by atoms with Crippen LogP contribution in [0.5, 0.6) is 0 Å². The van der Waals surface area contributed by atoms with Crippen molar-refractivity contribution in [2.45, 2.75) is 37.8 Å². The van der Waals surface area contributed by atoms with Crippen molar-refractivity contribution in [2.24, 2.45) is 0 Å². The maximum atomic E-state index is 11.0. The molecule has 1 saturated carbocycles. The maximum Gasteiger partial charge on any atom is 0.252 e. The minimum atomic E-state index is -0.333. The fourth-order valence-corrected chi connectivity index (χ4v) is 1.92. The fraction of sp³-hybridized carbons (Fsp3) is 0.600. The molecule has 1 aromatic heterocycles. The Balaban J connectivity index is 2.04. The number of nitrogens with one attached hydrogen (secondary N) is 2. The lowest BCUT2D eigenvalue weighted by Gasteiger charge is -2.28. The number of aromatic amines is 1. The molecule has 0 radical (unpaired) electrons. The number of rotatable bonds is 2. The number of hydrogen-bond donors (Lipinski definition) is 3. The Morgan fingerprint density at radius 3 is 3.00 bits per heavy atom. The number of aliphatic hydroxyl groups is 1. The first-order chi connectivity index (χ1) is 7.25. The second-order valence-electron chi connectivity index (χ2n) is 3.90. The molecule has 0 spiro atoms. The van der Waals surface area contributed by atoms with E-state index in [1.807, 2.05) is 0 Å². The van der Waals surface area contributed by atoms with E-state index in [1.165, 1.54) is 12.4 Å². The summed E-state index contributed by atoms with van der Waals surface area (Å²) in [5.41, 5.74) is -0.183. The van der Waals surface area contributed by atoms with Crippen molar-refractivity contribution in [1.29, 1.82) is 0 Å². The van der Waals surface area contributed by atoms with Crippen molar-refractivity contribution >= 4 is 5.82 Å². The van der Waals surface area contributed by atoms with Gasteiger partial charge in [-0.25, -0.2) is 4.98 Å². The van der Waals surface area contributed by atoms with E-state index in [9.17, 15) is 9.90 Å². The molecule has 1 fully saturated rings. The molecule has 82 valence electrons. The van der Waals surface area contributed by atoms with Crippen LogP contribution in [0, 0.1) is 0 Å².